The molecule has 1 unspecified atom stereocenters. The van der Waals surface area contributed by atoms with Gasteiger partial charge in [-0.05, 0) is 26.9 Å². The second-order valence-electron chi connectivity index (χ2n) is 4.31. The van der Waals surface area contributed by atoms with Gasteiger partial charge in [0, 0.05) is 26.8 Å². The van der Waals surface area contributed by atoms with Crippen molar-refractivity contribution < 1.29 is 9.53 Å². The summed E-state index contributed by atoms with van der Waals surface area (Å²) in [6.07, 6.45) is 0.952. The summed E-state index contributed by atoms with van der Waals surface area (Å²) in [5.41, 5.74) is 4.75. The molecule has 0 aliphatic rings. The summed E-state index contributed by atoms with van der Waals surface area (Å²) in [5.74, 6) is -0.312. The standard InChI is InChI=1S/C11H25N3O2/c1-5-13-11(2,10(12)15)9-14(3)7-6-8-16-4/h13H,5-9H2,1-4H3,(H2,12,15). The van der Waals surface area contributed by atoms with Gasteiger partial charge in [0.2, 0.25) is 5.91 Å². The summed E-state index contributed by atoms with van der Waals surface area (Å²) >= 11 is 0. The molecular formula is C11H25N3O2. The van der Waals surface area contributed by atoms with Gasteiger partial charge >= 0.3 is 0 Å². The highest BCUT2D eigenvalue weighted by Gasteiger charge is 2.30. The van der Waals surface area contributed by atoms with Crippen molar-refractivity contribution in [1.82, 2.24) is 10.2 Å². The number of likely N-dealkylation sites (N-methyl/N-ethyl adjacent to an activating group) is 2. The summed E-state index contributed by atoms with van der Waals surface area (Å²) in [4.78, 5) is 13.5. The number of hydrogen-bond donors (Lipinski definition) is 2. The molecule has 0 spiro atoms. The van der Waals surface area contributed by atoms with Crippen LogP contribution in [-0.2, 0) is 9.53 Å². The summed E-state index contributed by atoms with van der Waals surface area (Å²) in [6.45, 7) is 6.77. The third kappa shape index (κ3) is 5.44. The van der Waals surface area contributed by atoms with E-state index in [1.54, 1.807) is 7.11 Å². The van der Waals surface area contributed by atoms with Crippen molar-refractivity contribution in [2.45, 2.75) is 25.8 Å². The maximum atomic E-state index is 11.4. The second-order valence-corrected chi connectivity index (χ2v) is 4.31. The average Bonchev–Trinajstić information content (AvgIpc) is 2.18. The Kier molecular flexibility index (Phi) is 7.29. The number of nitrogens with two attached hydrogens (primary N) is 1. The maximum Gasteiger partial charge on any atom is 0.238 e. The largest absolute Gasteiger partial charge is 0.385 e. The Hall–Kier alpha value is -0.650. The number of amides is 1. The smallest absolute Gasteiger partial charge is 0.238 e. The summed E-state index contributed by atoms with van der Waals surface area (Å²) in [6, 6.07) is 0. The van der Waals surface area contributed by atoms with Crippen LogP contribution in [0.15, 0.2) is 0 Å². The van der Waals surface area contributed by atoms with E-state index >= 15 is 0 Å². The molecule has 3 N–H and O–H groups in total. The van der Waals surface area contributed by atoms with Gasteiger partial charge in [-0.25, -0.2) is 0 Å². The quantitative estimate of drug-likeness (QED) is 0.540. The van der Waals surface area contributed by atoms with Crippen molar-refractivity contribution in [1.29, 1.82) is 0 Å². The molecule has 0 aromatic rings. The fourth-order valence-electron chi connectivity index (χ4n) is 1.71. The molecule has 0 aliphatic heterocycles. The maximum absolute atomic E-state index is 11.4. The van der Waals surface area contributed by atoms with Crippen molar-refractivity contribution in [3.8, 4) is 0 Å². The second kappa shape index (κ2) is 7.60. The van der Waals surface area contributed by atoms with Crippen LogP contribution in [0.5, 0.6) is 0 Å². The molecule has 0 fully saturated rings. The lowest BCUT2D eigenvalue weighted by molar-refractivity contribution is -0.124. The van der Waals surface area contributed by atoms with Crippen molar-refractivity contribution in [2.75, 3.05) is 40.4 Å². The van der Waals surface area contributed by atoms with Gasteiger partial charge in [0.15, 0.2) is 0 Å². The number of carbonyl (C=O) groups excluding carboxylic acids is 1. The molecule has 5 nitrogen and oxygen atoms in total. The number of rotatable bonds is 9. The lowest BCUT2D eigenvalue weighted by atomic mass is 10.0. The van der Waals surface area contributed by atoms with Crippen LogP contribution in [0.2, 0.25) is 0 Å². The van der Waals surface area contributed by atoms with E-state index in [0.717, 1.165) is 26.1 Å². The van der Waals surface area contributed by atoms with Crippen LogP contribution < -0.4 is 11.1 Å². The zero-order valence-corrected chi connectivity index (χ0v) is 10.9. The van der Waals surface area contributed by atoms with Crippen LogP contribution in [0.4, 0.5) is 0 Å². The Morgan fingerprint density at radius 1 is 1.56 bits per heavy atom. The average molecular weight is 231 g/mol. The Bertz CT molecular complexity index is 211. The van der Waals surface area contributed by atoms with Crippen LogP contribution in [0, 0.1) is 0 Å². The van der Waals surface area contributed by atoms with Gasteiger partial charge in [0.1, 0.15) is 5.54 Å². The number of nitrogens with one attached hydrogen (secondary N) is 1. The molecule has 1 atom stereocenters. The Labute approximate surface area is 98.3 Å². The molecule has 16 heavy (non-hydrogen) atoms. The minimum Gasteiger partial charge on any atom is -0.385 e. The first-order valence-electron chi connectivity index (χ1n) is 5.68. The lowest BCUT2D eigenvalue weighted by Crippen LogP contribution is -2.59. The van der Waals surface area contributed by atoms with Crippen molar-refractivity contribution in [2.24, 2.45) is 5.73 Å². The van der Waals surface area contributed by atoms with Gasteiger partial charge in [-0.1, -0.05) is 6.92 Å². The topological polar surface area (TPSA) is 67.6 Å². The highest BCUT2D eigenvalue weighted by Crippen LogP contribution is 2.05. The van der Waals surface area contributed by atoms with Gasteiger partial charge in [-0.15, -0.1) is 0 Å². The van der Waals surface area contributed by atoms with E-state index in [-0.39, 0.29) is 5.91 Å². The molecule has 0 aliphatic carbocycles. The third-order valence-electron chi connectivity index (χ3n) is 2.59. The van der Waals surface area contributed by atoms with E-state index < -0.39 is 5.54 Å². The number of carbonyl (C=O) groups is 1. The normalized spacial score (nSPS) is 15.1. The molecule has 1 amide bonds. The summed E-state index contributed by atoms with van der Waals surface area (Å²) in [7, 11) is 3.67. The van der Waals surface area contributed by atoms with E-state index in [1.165, 1.54) is 0 Å². The molecule has 0 bridgehead atoms. The number of hydrogen-bond acceptors (Lipinski definition) is 4. The van der Waals surface area contributed by atoms with Crippen LogP contribution in [-0.4, -0.2) is 56.7 Å². The van der Waals surface area contributed by atoms with E-state index in [1.807, 2.05) is 20.9 Å². The summed E-state index contributed by atoms with van der Waals surface area (Å²) in [5, 5.41) is 3.13. The number of ether oxygens (including phenoxy) is 1. The van der Waals surface area contributed by atoms with Crippen LogP contribution >= 0.6 is 0 Å². The van der Waals surface area contributed by atoms with E-state index in [9.17, 15) is 4.79 Å². The van der Waals surface area contributed by atoms with Crippen molar-refractivity contribution >= 4 is 5.91 Å². The first-order chi connectivity index (χ1) is 7.46. The van der Waals surface area contributed by atoms with E-state index in [0.29, 0.717) is 6.54 Å². The Balaban J connectivity index is 4.13. The zero-order valence-electron chi connectivity index (χ0n) is 10.9. The number of primary amides is 1. The van der Waals surface area contributed by atoms with Gasteiger partial charge < -0.3 is 20.7 Å². The molecule has 0 radical (unpaired) electrons. The number of nitrogens with zero attached hydrogens (tertiary/aromatic N) is 1. The van der Waals surface area contributed by atoms with E-state index in [4.69, 9.17) is 10.5 Å². The Morgan fingerprint density at radius 2 is 2.19 bits per heavy atom. The van der Waals surface area contributed by atoms with Gasteiger partial charge in [-0.2, -0.15) is 0 Å². The minimum absolute atomic E-state index is 0.312. The monoisotopic (exact) mass is 231 g/mol. The zero-order chi connectivity index (χ0) is 12.6. The van der Waals surface area contributed by atoms with Crippen molar-refractivity contribution in [3.05, 3.63) is 0 Å². The highest BCUT2D eigenvalue weighted by atomic mass is 16.5. The highest BCUT2D eigenvalue weighted by molar-refractivity contribution is 5.84. The minimum atomic E-state index is -0.656. The van der Waals surface area contributed by atoms with E-state index in [2.05, 4.69) is 10.2 Å². The molecule has 5 heteroatoms. The molecule has 0 saturated heterocycles. The van der Waals surface area contributed by atoms with Crippen LogP contribution in [0.1, 0.15) is 20.3 Å². The predicted octanol–water partition coefficient (Wildman–Crippen LogP) is -0.192. The van der Waals surface area contributed by atoms with Crippen LogP contribution in [0.3, 0.4) is 0 Å². The molecule has 0 aromatic carbocycles. The fraction of sp³-hybridized carbons (Fsp3) is 0.909. The van der Waals surface area contributed by atoms with Crippen molar-refractivity contribution in [3.63, 3.8) is 0 Å². The molecule has 0 saturated carbocycles. The van der Waals surface area contributed by atoms with Gasteiger partial charge in [0.05, 0.1) is 0 Å². The molecule has 0 aromatic heterocycles. The SMILES string of the molecule is CCNC(C)(CN(C)CCCOC)C(N)=O. The first-order valence-corrected chi connectivity index (χ1v) is 5.68. The lowest BCUT2D eigenvalue weighted by Gasteiger charge is -2.31. The fourth-order valence-corrected chi connectivity index (χ4v) is 1.71. The predicted molar refractivity (Wildman–Crippen MR) is 65.3 cm³/mol. The van der Waals surface area contributed by atoms with Crippen LogP contribution in [0.25, 0.3) is 0 Å². The molecule has 96 valence electrons. The molecule has 0 heterocycles. The van der Waals surface area contributed by atoms with Gasteiger partial charge in [-0.3, -0.25) is 4.79 Å². The third-order valence-corrected chi connectivity index (χ3v) is 2.59. The Morgan fingerprint density at radius 3 is 2.62 bits per heavy atom. The molecule has 0 rings (SSSR count). The number of methoxy groups -OCH3 is 1. The molecular weight excluding hydrogens is 206 g/mol. The van der Waals surface area contributed by atoms with Gasteiger partial charge in [0.25, 0.3) is 0 Å². The first kappa shape index (κ1) is 15.3. The summed E-state index contributed by atoms with van der Waals surface area (Å²) < 4.78 is 4.98.